The molecule has 3 amide bonds. The molecule has 0 spiro atoms. The number of ether oxygens (including phenoxy) is 1. The van der Waals surface area contributed by atoms with Gasteiger partial charge in [-0.2, -0.15) is 0 Å². The fraction of sp³-hybridized carbons (Fsp3) is 0.259. The van der Waals surface area contributed by atoms with E-state index in [9.17, 15) is 22.8 Å². The van der Waals surface area contributed by atoms with Crippen LogP contribution in [0.5, 0.6) is 0 Å². The summed E-state index contributed by atoms with van der Waals surface area (Å²) in [5.41, 5.74) is 1.31. The normalized spacial score (nSPS) is 14.6. The highest BCUT2D eigenvalue weighted by atomic mass is 32.2. The van der Waals surface area contributed by atoms with Crippen LogP contribution in [0.25, 0.3) is 0 Å². The summed E-state index contributed by atoms with van der Waals surface area (Å²) in [5, 5.41) is 2.76. The summed E-state index contributed by atoms with van der Waals surface area (Å²) in [6.07, 6.45) is 3.22. The highest BCUT2D eigenvalue weighted by Crippen LogP contribution is 2.35. The largest absolute Gasteiger partial charge is 0.456 e. The number of aromatic nitrogens is 1. The van der Waals surface area contributed by atoms with E-state index in [0.29, 0.717) is 11.1 Å². The van der Waals surface area contributed by atoms with Crippen LogP contribution in [-0.4, -0.2) is 48.3 Å². The summed E-state index contributed by atoms with van der Waals surface area (Å²) in [6, 6.07) is 13.2. The third-order valence-corrected chi connectivity index (χ3v) is 7.52. The molecule has 0 atom stereocenters. The molecule has 3 aromatic rings. The van der Waals surface area contributed by atoms with Gasteiger partial charge in [-0.05, 0) is 74.4 Å². The predicted molar refractivity (Wildman–Crippen MR) is 140 cm³/mol. The summed E-state index contributed by atoms with van der Waals surface area (Å²) in [7, 11) is -2.80. The minimum Gasteiger partial charge on any atom is -0.456 e. The second kappa shape index (κ2) is 10.3. The van der Waals surface area contributed by atoms with E-state index >= 15 is 0 Å². The molecular formula is C27H28N4O6S. The van der Waals surface area contributed by atoms with Crippen LogP contribution in [0.1, 0.15) is 52.6 Å². The lowest BCUT2D eigenvalue weighted by atomic mass is 10.1. The maximum Gasteiger partial charge on any atom is 0.338 e. The van der Waals surface area contributed by atoms with Crippen molar-refractivity contribution >= 4 is 33.6 Å². The molecule has 0 saturated heterocycles. The molecule has 38 heavy (non-hydrogen) atoms. The van der Waals surface area contributed by atoms with Gasteiger partial charge in [-0.25, -0.2) is 22.3 Å². The number of pyridine rings is 1. The third-order valence-electron chi connectivity index (χ3n) is 5.77. The smallest absolute Gasteiger partial charge is 0.338 e. The Labute approximate surface area is 221 Å². The molecule has 0 aliphatic carbocycles. The molecule has 0 saturated carbocycles. The summed E-state index contributed by atoms with van der Waals surface area (Å²) in [4.78, 5) is 43.1. The standard InChI is InChI=1S/C27H28N4O6S/c1-27(2,3)37-25(33)20-7-5-19(6-8-20)17-31-26(34)30(4)22-10-9-21(15-23(22)38(31,35)36)24(32)29-16-18-11-13-28-14-12-18/h5-15H,16-17H2,1-4H3,(H,29,32). The Kier molecular flexibility index (Phi) is 7.23. The second-order valence-corrected chi connectivity index (χ2v) is 11.6. The van der Waals surface area contributed by atoms with Crippen molar-refractivity contribution in [3.63, 3.8) is 0 Å². The summed E-state index contributed by atoms with van der Waals surface area (Å²) >= 11 is 0. The SMILES string of the molecule is CN1C(=O)N(Cc2ccc(C(=O)OC(C)(C)C)cc2)S(=O)(=O)c2cc(C(=O)NCc3ccncc3)ccc21. The van der Waals surface area contributed by atoms with Gasteiger partial charge in [-0.1, -0.05) is 12.1 Å². The molecule has 4 rings (SSSR count). The molecular weight excluding hydrogens is 508 g/mol. The maximum absolute atomic E-state index is 13.5. The summed E-state index contributed by atoms with van der Waals surface area (Å²) in [6.45, 7) is 5.27. The molecule has 1 aromatic heterocycles. The minimum absolute atomic E-state index is 0.144. The van der Waals surface area contributed by atoms with E-state index in [1.54, 1.807) is 57.4 Å². The number of hydrogen-bond acceptors (Lipinski definition) is 7. The van der Waals surface area contributed by atoms with E-state index in [2.05, 4.69) is 10.3 Å². The first-order valence-electron chi connectivity index (χ1n) is 11.8. The maximum atomic E-state index is 13.5. The predicted octanol–water partition coefficient (Wildman–Crippen LogP) is 3.73. The van der Waals surface area contributed by atoms with Crippen LogP contribution in [0, 0.1) is 0 Å². The van der Waals surface area contributed by atoms with E-state index < -0.39 is 33.5 Å². The Bertz CT molecular complexity index is 1480. The van der Waals surface area contributed by atoms with Crippen molar-refractivity contribution in [1.29, 1.82) is 0 Å². The van der Waals surface area contributed by atoms with Gasteiger partial charge in [-0.3, -0.25) is 14.7 Å². The zero-order valence-corrected chi connectivity index (χ0v) is 22.3. The zero-order chi connectivity index (χ0) is 27.7. The molecule has 2 heterocycles. The minimum atomic E-state index is -4.27. The topological polar surface area (TPSA) is 126 Å². The number of rotatable bonds is 6. The molecule has 1 aliphatic rings. The van der Waals surface area contributed by atoms with E-state index in [0.717, 1.165) is 9.87 Å². The van der Waals surface area contributed by atoms with Crippen molar-refractivity contribution in [3.05, 3.63) is 89.2 Å². The molecule has 198 valence electrons. The number of esters is 1. The number of nitrogens with one attached hydrogen (secondary N) is 1. The summed E-state index contributed by atoms with van der Waals surface area (Å²) in [5.74, 6) is -0.960. The first-order chi connectivity index (χ1) is 17.9. The number of hydrogen-bond donors (Lipinski definition) is 1. The first kappa shape index (κ1) is 26.8. The van der Waals surface area contributed by atoms with Gasteiger partial charge in [0.1, 0.15) is 10.5 Å². The quantitative estimate of drug-likeness (QED) is 0.476. The van der Waals surface area contributed by atoms with Crippen molar-refractivity contribution < 1.29 is 27.5 Å². The van der Waals surface area contributed by atoms with Crippen LogP contribution in [0.3, 0.4) is 0 Å². The number of sulfonamides is 1. The van der Waals surface area contributed by atoms with Crippen molar-refractivity contribution in [1.82, 2.24) is 14.6 Å². The lowest BCUT2D eigenvalue weighted by molar-refractivity contribution is 0.00693. The van der Waals surface area contributed by atoms with Crippen LogP contribution in [0.4, 0.5) is 10.5 Å². The number of anilines is 1. The van der Waals surface area contributed by atoms with Crippen LogP contribution in [0.2, 0.25) is 0 Å². The number of fused-ring (bicyclic) bond motifs is 1. The number of carbonyl (C=O) groups excluding carboxylic acids is 3. The van der Waals surface area contributed by atoms with Crippen LogP contribution < -0.4 is 10.2 Å². The van der Waals surface area contributed by atoms with Crippen LogP contribution >= 0.6 is 0 Å². The van der Waals surface area contributed by atoms with Gasteiger partial charge in [0.25, 0.3) is 15.9 Å². The van der Waals surface area contributed by atoms with Gasteiger partial charge in [-0.15, -0.1) is 0 Å². The molecule has 0 bridgehead atoms. The monoisotopic (exact) mass is 536 g/mol. The molecule has 2 aromatic carbocycles. The van der Waals surface area contributed by atoms with Crippen LogP contribution in [-0.2, 0) is 27.8 Å². The van der Waals surface area contributed by atoms with Gasteiger partial charge >= 0.3 is 12.0 Å². The van der Waals surface area contributed by atoms with E-state index in [4.69, 9.17) is 4.74 Å². The fourth-order valence-corrected chi connectivity index (χ4v) is 5.45. The van der Waals surface area contributed by atoms with Gasteiger partial charge in [0.05, 0.1) is 17.8 Å². The van der Waals surface area contributed by atoms with E-state index in [-0.39, 0.29) is 29.2 Å². The Balaban J connectivity index is 1.56. The molecule has 1 aliphatic heterocycles. The van der Waals surface area contributed by atoms with Gasteiger partial charge in [0, 0.05) is 31.5 Å². The van der Waals surface area contributed by atoms with Crippen LogP contribution in [0.15, 0.2) is 71.9 Å². The number of nitrogens with zero attached hydrogens (tertiary/aromatic N) is 3. The average Bonchev–Trinajstić information content (AvgIpc) is 2.88. The van der Waals surface area contributed by atoms with Crippen molar-refractivity contribution in [2.75, 3.05) is 11.9 Å². The van der Waals surface area contributed by atoms with Crippen molar-refractivity contribution in [2.24, 2.45) is 0 Å². The molecule has 0 radical (unpaired) electrons. The van der Waals surface area contributed by atoms with Gasteiger partial charge in [0.15, 0.2) is 0 Å². The second-order valence-electron chi connectivity index (χ2n) is 9.77. The molecule has 0 fully saturated rings. The number of carbonyl (C=O) groups is 3. The van der Waals surface area contributed by atoms with Crippen molar-refractivity contribution in [2.45, 2.75) is 44.4 Å². The molecule has 1 N–H and O–H groups in total. The number of urea groups is 1. The van der Waals surface area contributed by atoms with Gasteiger partial charge in [0.2, 0.25) is 0 Å². The highest BCUT2D eigenvalue weighted by Gasteiger charge is 2.40. The van der Waals surface area contributed by atoms with Gasteiger partial charge < -0.3 is 10.1 Å². The Morgan fingerprint density at radius 3 is 2.21 bits per heavy atom. The zero-order valence-electron chi connectivity index (χ0n) is 21.5. The Hall–Kier alpha value is -4.25. The first-order valence-corrected chi connectivity index (χ1v) is 13.2. The average molecular weight is 537 g/mol. The fourth-order valence-electron chi connectivity index (χ4n) is 3.82. The summed E-state index contributed by atoms with van der Waals surface area (Å²) < 4.78 is 33.1. The molecule has 0 unspecified atom stereocenters. The lowest BCUT2D eigenvalue weighted by Crippen LogP contribution is -2.48. The molecule has 11 heteroatoms. The lowest BCUT2D eigenvalue weighted by Gasteiger charge is -2.34. The van der Waals surface area contributed by atoms with Crippen molar-refractivity contribution in [3.8, 4) is 0 Å². The number of amides is 3. The number of benzene rings is 2. The van der Waals surface area contributed by atoms with E-state index in [1.807, 2.05) is 0 Å². The Morgan fingerprint density at radius 1 is 0.947 bits per heavy atom. The Morgan fingerprint density at radius 2 is 1.58 bits per heavy atom. The van der Waals surface area contributed by atoms with E-state index in [1.165, 1.54) is 42.3 Å². The molecule has 10 nitrogen and oxygen atoms in total. The highest BCUT2D eigenvalue weighted by molar-refractivity contribution is 7.90. The third kappa shape index (κ3) is 5.67.